The van der Waals surface area contributed by atoms with Gasteiger partial charge in [-0.3, -0.25) is 0 Å². The summed E-state index contributed by atoms with van der Waals surface area (Å²) in [4.78, 5) is 6.73. The molecule has 0 amide bonds. The average Bonchev–Trinajstić information content (AvgIpc) is 3.07. The lowest BCUT2D eigenvalue weighted by atomic mass is 10.2. The molecule has 2 aromatic rings. The Balaban J connectivity index is 1.76. The molecule has 0 spiro atoms. The zero-order valence-electron chi connectivity index (χ0n) is 10.1. The van der Waals surface area contributed by atoms with Gasteiger partial charge in [0.1, 0.15) is 11.6 Å². The highest BCUT2D eigenvalue weighted by atomic mass is 32.2. The third-order valence-electron chi connectivity index (χ3n) is 2.90. The number of aromatic amines is 1. The van der Waals surface area contributed by atoms with Crippen molar-refractivity contribution in [2.75, 3.05) is 0 Å². The summed E-state index contributed by atoms with van der Waals surface area (Å²) in [7, 11) is 0. The summed E-state index contributed by atoms with van der Waals surface area (Å²) in [6.07, 6.45) is 5.47. The number of imidazole rings is 1. The normalized spacial score (nSPS) is 14.8. The van der Waals surface area contributed by atoms with Crippen LogP contribution >= 0.6 is 11.8 Å². The van der Waals surface area contributed by atoms with Crippen LogP contribution in [0.15, 0.2) is 34.6 Å². The monoisotopic (exact) mass is 281 g/mol. The minimum atomic E-state index is -0.547. The van der Waals surface area contributed by atoms with Crippen molar-refractivity contribution in [1.29, 1.82) is 0 Å². The first-order chi connectivity index (χ1) is 9.22. The Labute approximate surface area is 113 Å². The Morgan fingerprint density at radius 3 is 2.63 bits per heavy atom. The van der Waals surface area contributed by atoms with E-state index in [1.54, 1.807) is 12.4 Å². The smallest absolute Gasteiger partial charge is 0.170 e. The zero-order valence-corrected chi connectivity index (χ0v) is 10.9. The number of halogens is 2. The standard InChI is InChI=1S/C13H13F2N3S/c14-10-5-8(7-18-9-1-2-9)6-11(15)12(10)19-13-16-3-4-17-13/h3-6,9,18H,1-2,7H2,(H,16,17). The summed E-state index contributed by atoms with van der Waals surface area (Å²) in [6, 6.07) is 3.27. The van der Waals surface area contributed by atoms with Gasteiger partial charge in [-0.15, -0.1) is 0 Å². The number of H-pyrrole nitrogens is 1. The number of hydrogen-bond acceptors (Lipinski definition) is 3. The molecule has 3 rings (SSSR count). The first-order valence-electron chi connectivity index (χ1n) is 6.11. The van der Waals surface area contributed by atoms with E-state index in [2.05, 4.69) is 15.3 Å². The summed E-state index contributed by atoms with van der Waals surface area (Å²) >= 11 is 0.956. The van der Waals surface area contributed by atoms with Crippen LogP contribution in [-0.2, 0) is 6.54 Å². The van der Waals surface area contributed by atoms with Crippen molar-refractivity contribution in [2.45, 2.75) is 35.5 Å². The van der Waals surface area contributed by atoms with Crippen LogP contribution in [0.2, 0.25) is 0 Å². The van der Waals surface area contributed by atoms with Crippen molar-refractivity contribution in [3.05, 3.63) is 41.7 Å². The lowest BCUT2D eigenvalue weighted by Gasteiger charge is -2.07. The molecule has 1 heterocycles. The summed E-state index contributed by atoms with van der Waals surface area (Å²) in [5.74, 6) is -1.09. The summed E-state index contributed by atoms with van der Waals surface area (Å²) in [6.45, 7) is 0.504. The quantitative estimate of drug-likeness (QED) is 0.885. The van der Waals surface area contributed by atoms with Gasteiger partial charge in [-0.2, -0.15) is 0 Å². The summed E-state index contributed by atoms with van der Waals surface area (Å²) < 4.78 is 27.8. The van der Waals surface area contributed by atoms with E-state index >= 15 is 0 Å². The molecule has 1 aliphatic rings. The first kappa shape index (κ1) is 12.6. The molecule has 0 unspecified atom stereocenters. The van der Waals surface area contributed by atoms with Crippen molar-refractivity contribution < 1.29 is 8.78 Å². The zero-order chi connectivity index (χ0) is 13.2. The van der Waals surface area contributed by atoms with E-state index in [0.717, 1.165) is 24.6 Å². The Hall–Kier alpha value is -1.40. The Bertz CT molecular complexity index is 544. The maximum atomic E-state index is 13.9. The molecule has 100 valence electrons. The van der Waals surface area contributed by atoms with Gasteiger partial charge in [0.05, 0.1) is 4.90 Å². The number of nitrogens with zero attached hydrogens (tertiary/aromatic N) is 1. The molecule has 0 radical (unpaired) electrons. The molecule has 0 atom stereocenters. The molecule has 1 aromatic carbocycles. The number of rotatable bonds is 5. The Kier molecular flexibility index (Phi) is 3.52. The fraction of sp³-hybridized carbons (Fsp3) is 0.308. The fourth-order valence-electron chi connectivity index (χ4n) is 1.76. The van der Waals surface area contributed by atoms with Gasteiger partial charge in [-0.1, -0.05) is 0 Å². The van der Waals surface area contributed by atoms with E-state index < -0.39 is 11.6 Å². The molecule has 1 aromatic heterocycles. The molecule has 2 N–H and O–H groups in total. The lowest BCUT2D eigenvalue weighted by Crippen LogP contribution is -2.15. The Morgan fingerprint density at radius 1 is 1.32 bits per heavy atom. The van der Waals surface area contributed by atoms with Crippen LogP contribution in [0.5, 0.6) is 0 Å². The third kappa shape index (κ3) is 3.13. The molecule has 3 nitrogen and oxygen atoms in total. The molecule has 6 heteroatoms. The maximum absolute atomic E-state index is 13.9. The predicted octanol–water partition coefficient (Wildman–Crippen LogP) is 3.09. The van der Waals surface area contributed by atoms with Gasteiger partial charge in [0, 0.05) is 25.0 Å². The Morgan fingerprint density at radius 2 is 2.05 bits per heavy atom. The highest BCUT2D eigenvalue weighted by Crippen LogP contribution is 2.30. The van der Waals surface area contributed by atoms with Gasteiger partial charge in [0.15, 0.2) is 5.16 Å². The molecule has 1 saturated carbocycles. The van der Waals surface area contributed by atoms with E-state index in [0.29, 0.717) is 23.3 Å². The number of aromatic nitrogens is 2. The number of nitrogens with one attached hydrogen (secondary N) is 2. The molecule has 1 fully saturated rings. The van der Waals surface area contributed by atoms with Crippen molar-refractivity contribution in [1.82, 2.24) is 15.3 Å². The molecule has 19 heavy (non-hydrogen) atoms. The van der Waals surface area contributed by atoms with E-state index in [1.807, 2.05) is 0 Å². The van der Waals surface area contributed by atoms with E-state index in [-0.39, 0.29) is 4.90 Å². The SMILES string of the molecule is Fc1cc(CNC2CC2)cc(F)c1Sc1ncc[nH]1. The van der Waals surface area contributed by atoms with Crippen LogP contribution in [0.4, 0.5) is 8.78 Å². The first-order valence-corrected chi connectivity index (χ1v) is 6.92. The van der Waals surface area contributed by atoms with Gasteiger partial charge in [0.2, 0.25) is 0 Å². The minimum Gasteiger partial charge on any atom is -0.339 e. The highest BCUT2D eigenvalue weighted by molar-refractivity contribution is 7.99. The van der Waals surface area contributed by atoms with E-state index in [9.17, 15) is 8.78 Å². The summed E-state index contributed by atoms with van der Waals surface area (Å²) in [5, 5.41) is 3.71. The average molecular weight is 281 g/mol. The van der Waals surface area contributed by atoms with E-state index in [1.165, 1.54) is 12.1 Å². The summed E-state index contributed by atoms with van der Waals surface area (Å²) in [5.41, 5.74) is 0.630. The van der Waals surface area contributed by atoms with Crippen LogP contribution < -0.4 is 5.32 Å². The van der Waals surface area contributed by atoms with Gasteiger partial charge in [-0.05, 0) is 42.3 Å². The van der Waals surface area contributed by atoms with Crippen LogP contribution in [-0.4, -0.2) is 16.0 Å². The van der Waals surface area contributed by atoms with Crippen molar-refractivity contribution in [3.63, 3.8) is 0 Å². The van der Waals surface area contributed by atoms with Crippen LogP contribution in [0.25, 0.3) is 0 Å². The molecular formula is C13H13F2N3S. The minimum absolute atomic E-state index is 0.0230. The lowest BCUT2D eigenvalue weighted by molar-refractivity contribution is 0.534. The van der Waals surface area contributed by atoms with Gasteiger partial charge >= 0.3 is 0 Å². The van der Waals surface area contributed by atoms with Crippen LogP contribution in [0.3, 0.4) is 0 Å². The van der Waals surface area contributed by atoms with Crippen molar-refractivity contribution in [3.8, 4) is 0 Å². The topological polar surface area (TPSA) is 40.7 Å². The largest absolute Gasteiger partial charge is 0.339 e. The predicted molar refractivity (Wildman–Crippen MR) is 68.9 cm³/mol. The van der Waals surface area contributed by atoms with Crippen LogP contribution in [0, 0.1) is 11.6 Å². The second-order valence-electron chi connectivity index (χ2n) is 4.54. The van der Waals surface area contributed by atoms with E-state index in [4.69, 9.17) is 0 Å². The molecule has 0 saturated heterocycles. The highest BCUT2D eigenvalue weighted by Gasteiger charge is 2.21. The molecular weight excluding hydrogens is 268 g/mol. The number of benzene rings is 1. The van der Waals surface area contributed by atoms with Crippen molar-refractivity contribution >= 4 is 11.8 Å². The van der Waals surface area contributed by atoms with Gasteiger partial charge in [0.25, 0.3) is 0 Å². The molecule has 1 aliphatic carbocycles. The van der Waals surface area contributed by atoms with Crippen LogP contribution in [0.1, 0.15) is 18.4 Å². The fourth-order valence-corrected chi connectivity index (χ4v) is 2.51. The second kappa shape index (κ2) is 5.30. The maximum Gasteiger partial charge on any atom is 0.170 e. The van der Waals surface area contributed by atoms with Gasteiger partial charge in [-0.25, -0.2) is 13.8 Å². The number of hydrogen-bond donors (Lipinski definition) is 2. The molecule has 0 bridgehead atoms. The van der Waals surface area contributed by atoms with Crippen molar-refractivity contribution in [2.24, 2.45) is 0 Å². The second-order valence-corrected chi connectivity index (χ2v) is 5.54. The molecule has 0 aliphatic heterocycles. The van der Waals surface area contributed by atoms with Gasteiger partial charge < -0.3 is 10.3 Å². The third-order valence-corrected chi connectivity index (χ3v) is 3.91.